The molecule has 4 aromatic rings. The number of carbonyl (C=O) groups excluding carboxylic acids is 1. The van der Waals surface area contributed by atoms with Gasteiger partial charge in [0.05, 0.1) is 26.6 Å². The van der Waals surface area contributed by atoms with Crippen LogP contribution in [-0.2, 0) is 21.3 Å². The van der Waals surface area contributed by atoms with Crippen LogP contribution in [0.1, 0.15) is 17.3 Å². The number of nitro groups is 1. The molecule has 0 bridgehead atoms. The molecule has 0 spiro atoms. The SMILES string of the molecule is CCOCCn1c(=NC(=O)c2cccc(NS(=O)(=O)c3ccccc3)c2)sc2cc([N+](=O)[O-])ccc21. The van der Waals surface area contributed by atoms with Crippen molar-refractivity contribution in [3.63, 3.8) is 0 Å². The fourth-order valence-corrected chi connectivity index (χ4v) is 5.62. The van der Waals surface area contributed by atoms with E-state index in [0.717, 1.165) is 11.3 Å². The highest BCUT2D eigenvalue weighted by atomic mass is 32.2. The normalized spacial score (nSPS) is 12.1. The van der Waals surface area contributed by atoms with Crippen LogP contribution >= 0.6 is 11.3 Å². The van der Waals surface area contributed by atoms with Crippen LogP contribution in [0.3, 0.4) is 0 Å². The van der Waals surface area contributed by atoms with Crippen LogP contribution in [0, 0.1) is 10.1 Å². The van der Waals surface area contributed by atoms with Gasteiger partial charge in [0.15, 0.2) is 4.80 Å². The first kappa shape index (κ1) is 25.2. The first-order valence-corrected chi connectivity index (χ1v) is 13.2. The Hall–Kier alpha value is -3.87. The number of amides is 1. The molecule has 0 atom stereocenters. The maximum absolute atomic E-state index is 13.0. The molecular formula is C24H22N4O6S2. The van der Waals surface area contributed by atoms with Gasteiger partial charge in [-0.1, -0.05) is 35.6 Å². The maximum atomic E-state index is 13.0. The number of carbonyl (C=O) groups is 1. The van der Waals surface area contributed by atoms with E-state index in [1.807, 2.05) is 6.92 Å². The summed E-state index contributed by atoms with van der Waals surface area (Å²) in [6, 6.07) is 18.4. The monoisotopic (exact) mass is 526 g/mol. The number of ether oxygens (including phenoxy) is 1. The van der Waals surface area contributed by atoms with Crippen LogP contribution in [0.25, 0.3) is 10.2 Å². The zero-order valence-corrected chi connectivity index (χ0v) is 20.8. The highest BCUT2D eigenvalue weighted by Gasteiger charge is 2.16. The molecule has 0 aliphatic heterocycles. The van der Waals surface area contributed by atoms with Crippen LogP contribution in [0.2, 0.25) is 0 Å². The number of nitrogens with zero attached hydrogens (tertiary/aromatic N) is 3. The molecule has 0 fully saturated rings. The summed E-state index contributed by atoms with van der Waals surface area (Å²) in [7, 11) is -3.83. The molecule has 0 unspecified atom stereocenters. The van der Waals surface area contributed by atoms with Gasteiger partial charge in [0.1, 0.15) is 0 Å². The summed E-state index contributed by atoms with van der Waals surface area (Å²) in [5, 5.41) is 11.2. The quantitative estimate of drug-likeness (QED) is 0.198. The second-order valence-corrected chi connectivity index (χ2v) is 10.3. The van der Waals surface area contributed by atoms with Crippen molar-refractivity contribution in [1.29, 1.82) is 0 Å². The lowest BCUT2D eigenvalue weighted by Crippen LogP contribution is -2.20. The first-order valence-electron chi connectivity index (χ1n) is 10.9. The number of nitrogens with one attached hydrogen (secondary N) is 1. The second-order valence-electron chi connectivity index (χ2n) is 7.56. The van der Waals surface area contributed by atoms with E-state index < -0.39 is 20.9 Å². The Morgan fingerprint density at radius 3 is 2.61 bits per heavy atom. The van der Waals surface area contributed by atoms with E-state index in [1.54, 1.807) is 34.9 Å². The number of hydrogen-bond acceptors (Lipinski definition) is 7. The summed E-state index contributed by atoms with van der Waals surface area (Å²) in [4.78, 5) is 28.5. The summed E-state index contributed by atoms with van der Waals surface area (Å²) in [5.74, 6) is -0.582. The molecule has 186 valence electrons. The molecule has 3 aromatic carbocycles. The van der Waals surface area contributed by atoms with Gasteiger partial charge in [-0.3, -0.25) is 19.6 Å². The molecule has 0 saturated heterocycles. The van der Waals surface area contributed by atoms with Gasteiger partial charge in [0.2, 0.25) is 0 Å². The van der Waals surface area contributed by atoms with Crippen LogP contribution in [0.5, 0.6) is 0 Å². The third-order valence-corrected chi connectivity index (χ3v) is 7.59. The van der Waals surface area contributed by atoms with Gasteiger partial charge >= 0.3 is 0 Å². The maximum Gasteiger partial charge on any atom is 0.279 e. The second kappa shape index (κ2) is 10.8. The molecule has 1 amide bonds. The standard InChI is InChI=1S/C24H22N4O6S2/c1-2-34-14-13-27-21-12-11-19(28(30)31)16-22(21)35-24(27)25-23(29)17-7-6-8-18(15-17)26-36(32,33)20-9-4-3-5-10-20/h3-12,15-16,26H,2,13-14H2,1H3. The zero-order valence-electron chi connectivity index (χ0n) is 19.2. The van der Waals surface area contributed by atoms with Gasteiger partial charge in [-0.25, -0.2) is 8.42 Å². The Labute approximate surface area is 210 Å². The number of sulfonamides is 1. The number of benzene rings is 3. The van der Waals surface area contributed by atoms with Crippen molar-refractivity contribution >= 4 is 48.9 Å². The van der Waals surface area contributed by atoms with Gasteiger partial charge in [0.25, 0.3) is 21.6 Å². The average Bonchev–Trinajstić information content (AvgIpc) is 3.20. The Bertz CT molecular complexity index is 1590. The molecule has 1 aromatic heterocycles. The Morgan fingerprint density at radius 2 is 1.89 bits per heavy atom. The lowest BCUT2D eigenvalue weighted by Gasteiger charge is -2.08. The van der Waals surface area contributed by atoms with Gasteiger partial charge in [-0.2, -0.15) is 4.99 Å². The number of anilines is 1. The highest BCUT2D eigenvalue weighted by Crippen LogP contribution is 2.24. The molecule has 1 N–H and O–H groups in total. The number of aromatic nitrogens is 1. The summed E-state index contributed by atoms with van der Waals surface area (Å²) >= 11 is 1.15. The number of non-ortho nitro benzene ring substituents is 1. The van der Waals surface area contributed by atoms with Crippen molar-refractivity contribution < 1.29 is 22.9 Å². The third-order valence-electron chi connectivity index (χ3n) is 5.15. The molecule has 4 rings (SSSR count). The van der Waals surface area contributed by atoms with Crippen molar-refractivity contribution in [3.05, 3.63) is 93.3 Å². The average molecular weight is 527 g/mol. The number of fused-ring (bicyclic) bond motifs is 1. The lowest BCUT2D eigenvalue weighted by molar-refractivity contribution is -0.384. The predicted molar refractivity (Wildman–Crippen MR) is 137 cm³/mol. The topological polar surface area (TPSA) is 133 Å². The molecule has 0 aliphatic carbocycles. The Morgan fingerprint density at radius 1 is 1.11 bits per heavy atom. The first-order chi connectivity index (χ1) is 17.3. The minimum absolute atomic E-state index is 0.0583. The van der Waals surface area contributed by atoms with E-state index in [0.29, 0.717) is 34.8 Å². The van der Waals surface area contributed by atoms with Crippen molar-refractivity contribution in [2.45, 2.75) is 18.4 Å². The van der Waals surface area contributed by atoms with Gasteiger partial charge in [-0.05, 0) is 43.3 Å². The number of rotatable bonds is 9. The minimum atomic E-state index is -3.83. The number of thiazole rings is 1. The van der Waals surface area contributed by atoms with E-state index in [2.05, 4.69) is 9.71 Å². The van der Waals surface area contributed by atoms with Gasteiger partial charge < -0.3 is 9.30 Å². The number of nitro benzene ring substituents is 1. The van der Waals surface area contributed by atoms with Crippen molar-refractivity contribution in [2.75, 3.05) is 17.9 Å². The third kappa shape index (κ3) is 5.67. The molecule has 12 heteroatoms. The molecule has 10 nitrogen and oxygen atoms in total. The van der Waals surface area contributed by atoms with Crippen LogP contribution in [0.4, 0.5) is 11.4 Å². The molecule has 1 heterocycles. The molecule has 0 aliphatic rings. The fraction of sp³-hybridized carbons (Fsp3) is 0.167. The largest absolute Gasteiger partial charge is 0.380 e. The Balaban J connectivity index is 1.68. The zero-order chi connectivity index (χ0) is 25.7. The van der Waals surface area contributed by atoms with Gasteiger partial charge in [-0.15, -0.1) is 0 Å². The van der Waals surface area contributed by atoms with Gasteiger partial charge in [0, 0.05) is 36.5 Å². The molecule has 0 radical (unpaired) electrons. The predicted octanol–water partition coefficient (Wildman–Crippen LogP) is 4.19. The van der Waals surface area contributed by atoms with E-state index >= 15 is 0 Å². The highest BCUT2D eigenvalue weighted by molar-refractivity contribution is 7.92. The van der Waals surface area contributed by atoms with Crippen LogP contribution in [-0.4, -0.2) is 37.0 Å². The summed E-state index contributed by atoms with van der Waals surface area (Å²) in [5.41, 5.74) is 1.04. The lowest BCUT2D eigenvalue weighted by atomic mass is 10.2. The molecular weight excluding hydrogens is 504 g/mol. The Kier molecular flexibility index (Phi) is 7.58. The summed E-state index contributed by atoms with van der Waals surface area (Å²) < 4.78 is 35.6. The van der Waals surface area contributed by atoms with E-state index in [1.165, 1.54) is 42.5 Å². The summed E-state index contributed by atoms with van der Waals surface area (Å²) in [6.45, 7) is 3.16. The fourth-order valence-electron chi connectivity index (χ4n) is 3.46. The number of hydrogen-bond donors (Lipinski definition) is 1. The minimum Gasteiger partial charge on any atom is -0.380 e. The smallest absolute Gasteiger partial charge is 0.279 e. The van der Waals surface area contributed by atoms with E-state index in [4.69, 9.17) is 4.74 Å². The van der Waals surface area contributed by atoms with E-state index in [-0.39, 0.29) is 21.8 Å². The molecule has 36 heavy (non-hydrogen) atoms. The van der Waals surface area contributed by atoms with Crippen molar-refractivity contribution in [2.24, 2.45) is 4.99 Å². The molecule has 0 saturated carbocycles. The van der Waals surface area contributed by atoms with E-state index in [9.17, 15) is 23.3 Å². The van der Waals surface area contributed by atoms with Crippen LogP contribution < -0.4 is 9.52 Å². The van der Waals surface area contributed by atoms with Crippen molar-refractivity contribution in [3.8, 4) is 0 Å². The summed E-state index contributed by atoms with van der Waals surface area (Å²) in [6.07, 6.45) is 0. The van der Waals surface area contributed by atoms with Crippen LogP contribution in [0.15, 0.2) is 82.7 Å². The van der Waals surface area contributed by atoms with Crippen molar-refractivity contribution in [1.82, 2.24) is 4.57 Å².